The summed E-state index contributed by atoms with van der Waals surface area (Å²) in [5, 5.41) is 6.10. The summed E-state index contributed by atoms with van der Waals surface area (Å²) < 4.78 is 13.5. The van der Waals surface area contributed by atoms with Crippen molar-refractivity contribution in [3.8, 4) is 0 Å². The van der Waals surface area contributed by atoms with Crippen molar-refractivity contribution in [2.24, 2.45) is 0 Å². The Morgan fingerprint density at radius 3 is 2.30 bits per heavy atom. The van der Waals surface area contributed by atoms with Crippen LogP contribution in [0.3, 0.4) is 0 Å². The molecule has 4 heteroatoms. The van der Waals surface area contributed by atoms with E-state index in [1.807, 2.05) is 32.9 Å². The molecule has 1 amide bonds. The van der Waals surface area contributed by atoms with Crippen molar-refractivity contribution in [3.63, 3.8) is 0 Å². The topological polar surface area (TPSA) is 41.1 Å². The van der Waals surface area contributed by atoms with Gasteiger partial charge in [-0.15, -0.1) is 0 Å². The first kappa shape index (κ1) is 16.6. The van der Waals surface area contributed by atoms with E-state index >= 15 is 0 Å². The SMILES string of the molecule is CCC(C)NC(=O)C(C)NCc1cc(C)c(F)c(C)c1. The number of amides is 1. The average molecular weight is 280 g/mol. The number of halogens is 1. The lowest BCUT2D eigenvalue weighted by Crippen LogP contribution is -2.45. The fourth-order valence-electron chi connectivity index (χ4n) is 1.97. The van der Waals surface area contributed by atoms with E-state index in [0.717, 1.165) is 12.0 Å². The zero-order chi connectivity index (χ0) is 15.3. The number of aryl methyl sites for hydroxylation is 2. The van der Waals surface area contributed by atoms with Crippen LogP contribution in [0.5, 0.6) is 0 Å². The first-order chi connectivity index (χ1) is 9.35. The van der Waals surface area contributed by atoms with Gasteiger partial charge in [0.25, 0.3) is 0 Å². The summed E-state index contributed by atoms with van der Waals surface area (Å²) in [6, 6.07) is 3.54. The molecule has 1 aromatic rings. The van der Waals surface area contributed by atoms with Crippen molar-refractivity contribution in [1.29, 1.82) is 0 Å². The van der Waals surface area contributed by atoms with Crippen LogP contribution in [0.15, 0.2) is 12.1 Å². The van der Waals surface area contributed by atoms with Gasteiger partial charge in [-0.3, -0.25) is 4.79 Å². The van der Waals surface area contributed by atoms with Gasteiger partial charge in [-0.1, -0.05) is 19.1 Å². The highest BCUT2D eigenvalue weighted by atomic mass is 19.1. The van der Waals surface area contributed by atoms with Crippen LogP contribution in [0.4, 0.5) is 4.39 Å². The molecule has 2 atom stereocenters. The van der Waals surface area contributed by atoms with E-state index in [9.17, 15) is 9.18 Å². The monoisotopic (exact) mass is 280 g/mol. The fraction of sp³-hybridized carbons (Fsp3) is 0.562. The lowest BCUT2D eigenvalue weighted by molar-refractivity contribution is -0.123. The van der Waals surface area contributed by atoms with Crippen molar-refractivity contribution in [3.05, 3.63) is 34.6 Å². The number of rotatable bonds is 6. The third-order valence-electron chi connectivity index (χ3n) is 3.50. The van der Waals surface area contributed by atoms with E-state index in [-0.39, 0.29) is 23.8 Å². The van der Waals surface area contributed by atoms with Crippen LogP contribution < -0.4 is 10.6 Å². The molecule has 0 aromatic heterocycles. The molecule has 1 rings (SSSR count). The van der Waals surface area contributed by atoms with Crippen LogP contribution in [0.2, 0.25) is 0 Å². The maximum absolute atomic E-state index is 13.5. The Morgan fingerprint density at radius 2 is 1.80 bits per heavy atom. The lowest BCUT2D eigenvalue weighted by atomic mass is 10.1. The maximum atomic E-state index is 13.5. The fourth-order valence-corrected chi connectivity index (χ4v) is 1.97. The molecular weight excluding hydrogens is 255 g/mol. The van der Waals surface area contributed by atoms with Gasteiger partial charge in [0.1, 0.15) is 5.82 Å². The minimum absolute atomic E-state index is 0.00472. The highest BCUT2D eigenvalue weighted by Crippen LogP contribution is 2.14. The number of hydrogen-bond donors (Lipinski definition) is 2. The quantitative estimate of drug-likeness (QED) is 0.841. The summed E-state index contributed by atoms with van der Waals surface area (Å²) >= 11 is 0. The van der Waals surface area contributed by atoms with Crippen LogP contribution in [0.25, 0.3) is 0 Å². The highest BCUT2D eigenvalue weighted by molar-refractivity contribution is 5.81. The predicted molar refractivity (Wildman–Crippen MR) is 80.1 cm³/mol. The second-order valence-corrected chi connectivity index (χ2v) is 5.46. The van der Waals surface area contributed by atoms with Crippen molar-refractivity contribution in [1.82, 2.24) is 10.6 Å². The molecule has 20 heavy (non-hydrogen) atoms. The number of nitrogens with one attached hydrogen (secondary N) is 2. The van der Waals surface area contributed by atoms with Gasteiger partial charge in [-0.2, -0.15) is 0 Å². The molecule has 0 fully saturated rings. The molecule has 112 valence electrons. The first-order valence-electron chi connectivity index (χ1n) is 7.14. The third-order valence-corrected chi connectivity index (χ3v) is 3.50. The minimum atomic E-state index is -0.269. The molecule has 0 saturated carbocycles. The zero-order valence-corrected chi connectivity index (χ0v) is 13.0. The summed E-state index contributed by atoms with van der Waals surface area (Å²) in [5.74, 6) is -0.161. The summed E-state index contributed by atoms with van der Waals surface area (Å²) in [5.41, 5.74) is 2.27. The molecule has 0 heterocycles. The third kappa shape index (κ3) is 4.60. The summed E-state index contributed by atoms with van der Waals surface area (Å²) in [6.45, 7) is 9.91. The van der Waals surface area contributed by atoms with E-state index in [2.05, 4.69) is 10.6 Å². The summed E-state index contributed by atoms with van der Waals surface area (Å²) in [4.78, 5) is 11.9. The molecule has 0 aliphatic heterocycles. The van der Waals surface area contributed by atoms with Crippen molar-refractivity contribution < 1.29 is 9.18 Å². The Balaban J connectivity index is 2.57. The molecule has 0 aliphatic rings. The maximum Gasteiger partial charge on any atom is 0.237 e. The molecular formula is C16H25FN2O. The van der Waals surface area contributed by atoms with Crippen LogP contribution in [-0.4, -0.2) is 18.0 Å². The predicted octanol–water partition coefficient (Wildman–Crippen LogP) is 2.84. The van der Waals surface area contributed by atoms with Crippen molar-refractivity contribution in [2.75, 3.05) is 0 Å². The van der Waals surface area contributed by atoms with Gasteiger partial charge in [0, 0.05) is 12.6 Å². The second-order valence-electron chi connectivity index (χ2n) is 5.46. The van der Waals surface area contributed by atoms with Gasteiger partial charge in [0.05, 0.1) is 6.04 Å². The van der Waals surface area contributed by atoms with Gasteiger partial charge in [-0.25, -0.2) is 4.39 Å². The van der Waals surface area contributed by atoms with Crippen LogP contribution in [0, 0.1) is 19.7 Å². The number of benzene rings is 1. The average Bonchev–Trinajstić information content (AvgIpc) is 2.41. The van der Waals surface area contributed by atoms with Gasteiger partial charge < -0.3 is 10.6 Å². The normalized spacial score (nSPS) is 13.9. The molecule has 0 spiro atoms. The number of hydrogen-bond acceptors (Lipinski definition) is 2. The second kappa shape index (κ2) is 7.39. The van der Waals surface area contributed by atoms with E-state index in [1.165, 1.54) is 0 Å². The standard InChI is InChI=1S/C16H25FN2O/c1-6-12(4)19-16(20)13(5)18-9-14-7-10(2)15(17)11(3)8-14/h7-8,12-13,18H,6,9H2,1-5H3,(H,19,20). The lowest BCUT2D eigenvalue weighted by Gasteiger charge is -2.18. The van der Waals surface area contributed by atoms with Crippen molar-refractivity contribution in [2.45, 2.75) is 59.7 Å². The number of carbonyl (C=O) groups is 1. The Bertz CT molecular complexity index is 451. The van der Waals surface area contributed by atoms with E-state index in [0.29, 0.717) is 17.7 Å². The Kier molecular flexibility index (Phi) is 6.14. The Morgan fingerprint density at radius 1 is 1.25 bits per heavy atom. The van der Waals surface area contributed by atoms with Crippen molar-refractivity contribution >= 4 is 5.91 Å². The largest absolute Gasteiger partial charge is 0.352 e. The smallest absolute Gasteiger partial charge is 0.237 e. The van der Waals surface area contributed by atoms with Crippen LogP contribution in [0.1, 0.15) is 43.9 Å². The van der Waals surface area contributed by atoms with Crippen LogP contribution >= 0.6 is 0 Å². The van der Waals surface area contributed by atoms with Gasteiger partial charge >= 0.3 is 0 Å². The van der Waals surface area contributed by atoms with Gasteiger partial charge in [0.2, 0.25) is 5.91 Å². The number of carbonyl (C=O) groups excluding carboxylic acids is 1. The molecule has 0 aliphatic carbocycles. The van der Waals surface area contributed by atoms with E-state index < -0.39 is 0 Å². The molecule has 2 N–H and O–H groups in total. The highest BCUT2D eigenvalue weighted by Gasteiger charge is 2.14. The van der Waals surface area contributed by atoms with Crippen LogP contribution in [-0.2, 0) is 11.3 Å². The molecule has 1 aromatic carbocycles. The van der Waals surface area contributed by atoms with E-state index in [4.69, 9.17) is 0 Å². The zero-order valence-electron chi connectivity index (χ0n) is 13.0. The Hall–Kier alpha value is -1.42. The Labute approximate surface area is 121 Å². The summed E-state index contributed by atoms with van der Waals surface area (Å²) in [7, 11) is 0. The summed E-state index contributed by atoms with van der Waals surface area (Å²) in [6.07, 6.45) is 0.912. The first-order valence-corrected chi connectivity index (χ1v) is 7.14. The molecule has 0 radical (unpaired) electrons. The molecule has 3 nitrogen and oxygen atoms in total. The van der Waals surface area contributed by atoms with E-state index in [1.54, 1.807) is 13.8 Å². The molecule has 0 bridgehead atoms. The minimum Gasteiger partial charge on any atom is -0.352 e. The van der Waals surface area contributed by atoms with Gasteiger partial charge in [-0.05, 0) is 50.8 Å². The molecule has 0 saturated heterocycles. The van der Waals surface area contributed by atoms with Gasteiger partial charge in [0.15, 0.2) is 0 Å². The molecule has 2 unspecified atom stereocenters.